The van der Waals surface area contributed by atoms with E-state index in [9.17, 15) is 13.9 Å². The first-order valence-electron chi connectivity index (χ1n) is 5.84. The first-order valence-corrected chi connectivity index (χ1v) is 5.84. The van der Waals surface area contributed by atoms with Gasteiger partial charge in [-0.05, 0) is 29.7 Å². The Morgan fingerprint density at radius 2 is 1.56 bits per heavy atom. The van der Waals surface area contributed by atoms with Crippen LogP contribution in [0.5, 0.6) is 0 Å². The van der Waals surface area contributed by atoms with Gasteiger partial charge in [0.05, 0.1) is 5.56 Å². The fourth-order valence-corrected chi connectivity index (χ4v) is 1.87. The van der Waals surface area contributed by atoms with Crippen molar-refractivity contribution in [2.75, 3.05) is 0 Å². The molecule has 0 bridgehead atoms. The number of hydrogen-bond acceptors (Lipinski definition) is 1. The lowest BCUT2D eigenvalue weighted by Gasteiger charge is -2.13. The second-order valence-corrected chi connectivity index (χ2v) is 4.13. The molecule has 2 rings (SSSR count). The molecule has 94 valence electrons. The van der Waals surface area contributed by atoms with Crippen molar-refractivity contribution in [2.45, 2.75) is 19.4 Å². The summed E-state index contributed by atoms with van der Waals surface area (Å²) in [6, 6.07) is 10.6. The highest BCUT2D eigenvalue weighted by molar-refractivity contribution is 5.33. The third-order valence-corrected chi connectivity index (χ3v) is 2.98. The summed E-state index contributed by atoms with van der Waals surface area (Å²) in [5, 5.41) is 10.0. The highest BCUT2D eigenvalue weighted by Crippen LogP contribution is 2.26. The molecule has 0 aliphatic rings. The van der Waals surface area contributed by atoms with Crippen molar-refractivity contribution in [2.24, 2.45) is 0 Å². The van der Waals surface area contributed by atoms with Crippen LogP contribution in [0, 0.1) is 11.6 Å². The maximum Gasteiger partial charge on any atom is 0.132 e. The first kappa shape index (κ1) is 12.7. The second-order valence-electron chi connectivity index (χ2n) is 4.13. The normalized spacial score (nSPS) is 12.4. The number of halogens is 2. The standard InChI is InChI=1S/C15H14F2O/c1-2-10-6-8-11(9-7-10)15(18)14-12(16)4-3-5-13(14)17/h3-9,15,18H,2H2,1H3. The third kappa shape index (κ3) is 2.41. The van der Waals surface area contributed by atoms with Gasteiger partial charge in [-0.25, -0.2) is 8.78 Å². The number of benzene rings is 2. The fraction of sp³-hybridized carbons (Fsp3) is 0.200. The molecular formula is C15H14F2O. The molecule has 1 atom stereocenters. The largest absolute Gasteiger partial charge is 0.383 e. The quantitative estimate of drug-likeness (QED) is 0.879. The zero-order valence-electron chi connectivity index (χ0n) is 10.0. The van der Waals surface area contributed by atoms with Gasteiger partial charge in [-0.2, -0.15) is 0 Å². The molecule has 0 spiro atoms. The van der Waals surface area contributed by atoms with E-state index in [4.69, 9.17) is 0 Å². The Hall–Kier alpha value is -1.74. The van der Waals surface area contributed by atoms with Crippen molar-refractivity contribution in [3.63, 3.8) is 0 Å². The Morgan fingerprint density at radius 3 is 2.06 bits per heavy atom. The molecule has 0 heterocycles. The van der Waals surface area contributed by atoms with Crippen molar-refractivity contribution >= 4 is 0 Å². The zero-order valence-corrected chi connectivity index (χ0v) is 10.0. The van der Waals surface area contributed by atoms with Gasteiger partial charge in [-0.15, -0.1) is 0 Å². The van der Waals surface area contributed by atoms with Gasteiger partial charge in [0.1, 0.15) is 17.7 Å². The number of hydrogen-bond donors (Lipinski definition) is 1. The maximum absolute atomic E-state index is 13.5. The monoisotopic (exact) mass is 248 g/mol. The van der Waals surface area contributed by atoms with Crippen molar-refractivity contribution in [3.05, 3.63) is 70.8 Å². The summed E-state index contributed by atoms with van der Waals surface area (Å²) in [6.07, 6.45) is -0.401. The minimum absolute atomic E-state index is 0.304. The minimum atomic E-state index is -1.28. The first-order chi connectivity index (χ1) is 8.63. The molecule has 2 aromatic carbocycles. The van der Waals surface area contributed by atoms with Crippen LogP contribution >= 0.6 is 0 Å². The molecule has 0 fully saturated rings. The van der Waals surface area contributed by atoms with Crippen LogP contribution in [-0.2, 0) is 6.42 Å². The Kier molecular flexibility index (Phi) is 3.72. The molecule has 0 saturated carbocycles. The Bertz CT molecular complexity index is 514. The van der Waals surface area contributed by atoms with E-state index in [2.05, 4.69) is 0 Å². The van der Waals surface area contributed by atoms with Gasteiger partial charge in [-0.3, -0.25) is 0 Å². The lowest BCUT2D eigenvalue weighted by molar-refractivity contribution is 0.209. The van der Waals surface area contributed by atoms with Gasteiger partial charge in [0, 0.05) is 0 Å². The van der Waals surface area contributed by atoms with E-state index in [0.717, 1.165) is 24.1 Å². The van der Waals surface area contributed by atoms with E-state index in [1.165, 1.54) is 6.07 Å². The topological polar surface area (TPSA) is 20.2 Å². The summed E-state index contributed by atoms with van der Waals surface area (Å²) in [6.45, 7) is 2.02. The van der Waals surface area contributed by atoms with Crippen LogP contribution in [-0.4, -0.2) is 5.11 Å². The molecule has 0 amide bonds. The van der Waals surface area contributed by atoms with Crippen molar-refractivity contribution in [1.29, 1.82) is 0 Å². The van der Waals surface area contributed by atoms with Crippen LogP contribution in [0.2, 0.25) is 0 Å². The highest BCUT2D eigenvalue weighted by Gasteiger charge is 2.19. The van der Waals surface area contributed by atoms with E-state index in [-0.39, 0.29) is 5.56 Å². The number of aliphatic hydroxyl groups excluding tert-OH is 1. The van der Waals surface area contributed by atoms with Gasteiger partial charge < -0.3 is 5.11 Å². The number of rotatable bonds is 3. The summed E-state index contributed by atoms with van der Waals surface area (Å²) in [4.78, 5) is 0. The van der Waals surface area contributed by atoms with Crippen molar-refractivity contribution in [1.82, 2.24) is 0 Å². The van der Waals surface area contributed by atoms with E-state index in [0.29, 0.717) is 5.56 Å². The SMILES string of the molecule is CCc1ccc(C(O)c2c(F)cccc2F)cc1. The molecule has 0 radical (unpaired) electrons. The molecular weight excluding hydrogens is 234 g/mol. The number of aryl methyl sites for hydroxylation is 1. The summed E-state index contributed by atoms with van der Waals surface area (Å²) in [5.41, 5.74) is 1.29. The molecule has 1 unspecified atom stereocenters. The molecule has 18 heavy (non-hydrogen) atoms. The van der Waals surface area contributed by atoms with Gasteiger partial charge in [0.25, 0.3) is 0 Å². The molecule has 2 aromatic rings. The predicted octanol–water partition coefficient (Wildman–Crippen LogP) is 3.61. The van der Waals surface area contributed by atoms with Crippen molar-refractivity contribution in [3.8, 4) is 0 Å². The molecule has 0 saturated heterocycles. The van der Waals surface area contributed by atoms with Gasteiger partial charge in [0.2, 0.25) is 0 Å². The molecule has 1 N–H and O–H groups in total. The van der Waals surface area contributed by atoms with E-state index < -0.39 is 17.7 Å². The molecule has 1 nitrogen and oxygen atoms in total. The summed E-state index contributed by atoms with van der Waals surface area (Å²) < 4.78 is 27.1. The van der Waals surface area contributed by atoms with E-state index >= 15 is 0 Å². The summed E-state index contributed by atoms with van der Waals surface area (Å²) in [5.74, 6) is -1.47. The van der Waals surface area contributed by atoms with Crippen molar-refractivity contribution < 1.29 is 13.9 Å². The summed E-state index contributed by atoms with van der Waals surface area (Å²) >= 11 is 0. The predicted molar refractivity (Wildman–Crippen MR) is 66.2 cm³/mol. The van der Waals surface area contributed by atoms with Gasteiger partial charge in [0.15, 0.2) is 0 Å². The average molecular weight is 248 g/mol. The van der Waals surface area contributed by atoms with E-state index in [1.54, 1.807) is 12.1 Å². The molecule has 0 aromatic heterocycles. The Labute approximate surface area is 105 Å². The highest BCUT2D eigenvalue weighted by atomic mass is 19.1. The Balaban J connectivity index is 2.38. The van der Waals surface area contributed by atoms with Gasteiger partial charge >= 0.3 is 0 Å². The van der Waals surface area contributed by atoms with Crippen LogP contribution in [0.1, 0.15) is 29.7 Å². The van der Waals surface area contributed by atoms with Crippen LogP contribution in [0.15, 0.2) is 42.5 Å². The van der Waals surface area contributed by atoms with Crippen LogP contribution < -0.4 is 0 Å². The van der Waals surface area contributed by atoms with Crippen LogP contribution in [0.3, 0.4) is 0 Å². The summed E-state index contributed by atoms with van der Waals surface area (Å²) in [7, 11) is 0. The average Bonchev–Trinajstić information content (AvgIpc) is 2.38. The van der Waals surface area contributed by atoms with Crippen LogP contribution in [0.25, 0.3) is 0 Å². The molecule has 0 aliphatic carbocycles. The molecule has 0 aliphatic heterocycles. The second kappa shape index (κ2) is 5.27. The Morgan fingerprint density at radius 1 is 1.00 bits per heavy atom. The van der Waals surface area contributed by atoms with E-state index in [1.807, 2.05) is 19.1 Å². The zero-order chi connectivity index (χ0) is 13.1. The number of aliphatic hydroxyl groups is 1. The third-order valence-electron chi connectivity index (χ3n) is 2.98. The van der Waals surface area contributed by atoms with Crippen LogP contribution in [0.4, 0.5) is 8.78 Å². The lowest BCUT2D eigenvalue weighted by atomic mass is 9.99. The molecule has 3 heteroatoms. The lowest BCUT2D eigenvalue weighted by Crippen LogP contribution is -2.05. The fourth-order valence-electron chi connectivity index (χ4n) is 1.87. The van der Waals surface area contributed by atoms with Gasteiger partial charge in [-0.1, -0.05) is 37.3 Å². The smallest absolute Gasteiger partial charge is 0.132 e. The maximum atomic E-state index is 13.5. The minimum Gasteiger partial charge on any atom is -0.383 e.